The standard InChI is InChI=1S/C15H17F4NO/c1-20-8-3-2-4-9(20)7-15(21,6-8)12-13(18)10(16)5-11(17)14(12)19/h5,8-9,21H,2-4,6-7H2,1H3. The number of piperidine rings is 2. The highest BCUT2D eigenvalue weighted by Gasteiger charge is 2.48. The van der Waals surface area contributed by atoms with Gasteiger partial charge in [0, 0.05) is 18.2 Å². The van der Waals surface area contributed by atoms with Crippen molar-refractivity contribution in [3.05, 3.63) is 34.9 Å². The first-order chi connectivity index (χ1) is 9.83. The zero-order valence-electron chi connectivity index (χ0n) is 11.7. The van der Waals surface area contributed by atoms with Gasteiger partial charge in [-0.1, -0.05) is 6.42 Å². The summed E-state index contributed by atoms with van der Waals surface area (Å²) < 4.78 is 54.8. The minimum absolute atomic E-state index is 0.0346. The van der Waals surface area contributed by atoms with Gasteiger partial charge < -0.3 is 10.0 Å². The molecule has 21 heavy (non-hydrogen) atoms. The van der Waals surface area contributed by atoms with Crippen molar-refractivity contribution in [3.63, 3.8) is 0 Å². The number of aliphatic hydroxyl groups is 1. The van der Waals surface area contributed by atoms with Crippen molar-refractivity contribution in [1.82, 2.24) is 4.90 Å². The minimum atomic E-state index is -1.86. The molecule has 1 aromatic rings. The third-order valence-electron chi connectivity index (χ3n) is 4.95. The van der Waals surface area contributed by atoms with Crippen molar-refractivity contribution < 1.29 is 22.7 Å². The number of benzene rings is 1. The summed E-state index contributed by atoms with van der Waals surface area (Å²) in [5.41, 5.74) is -2.72. The Balaban J connectivity index is 2.08. The first kappa shape index (κ1) is 14.8. The molecule has 0 amide bonds. The van der Waals surface area contributed by atoms with Crippen LogP contribution in [0.5, 0.6) is 0 Å². The molecule has 2 saturated heterocycles. The van der Waals surface area contributed by atoms with Crippen LogP contribution in [0.1, 0.15) is 37.7 Å². The van der Waals surface area contributed by atoms with Crippen molar-refractivity contribution in [2.75, 3.05) is 7.05 Å². The normalized spacial score (nSPS) is 33.2. The molecule has 2 nitrogen and oxygen atoms in total. The van der Waals surface area contributed by atoms with Crippen LogP contribution in [-0.4, -0.2) is 29.1 Å². The van der Waals surface area contributed by atoms with Gasteiger partial charge in [-0.05, 0) is 32.7 Å². The molecule has 2 atom stereocenters. The van der Waals surface area contributed by atoms with Gasteiger partial charge in [0.15, 0.2) is 23.3 Å². The number of rotatable bonds is 1. The van der Waals surface area contributed by atoms with E-state index in [0.717, 1.165) is 19.3 Å². The molecule has 1 N–H and O–H groups in total. The predicted molar refractivity (Wildman–Crippen MR) is 68.6 cm³/mol. The second-order valence-corrected chi connectivity index (χ2v) is 6.19. The van der Waals surface area contributed by atoms with E-state index in [4.69, 9.17) is 0 Å². The highest BCUT2D eigenvalue weighted by molar-refractivity contribution is 5.30. The van der Waals surface area contributed by atoms with Crippen molar-refractivity contribution in [1.29, 1.82) is 0 Å². The summed E-state index contributed by atoms with van der Waals surface area (Å²) in [7, 11) is 1.91. The molecule has 0 aliphatic carbocycles. The molecule has 0 aromatic heterocycles. The van der Waals surface area contributed by atoms with Crippen LogP contribution in [0.4, 0.5) is 17.6 Å². The second kappa shape index (κ2) is 4.95. The molecule has 1 aromatic carbocycles. The zero-order chi connectivity index (χ0) is 15.4. The highest BCUT2D eigenvalue weighted by Crippen LogP contribution is 2.45. The lowest BCUT2D eigenvalue weighted by Gasteiger charge is -2.50. The van der Waals surface area contributed by atoms with Gasteiger partial charge in [-0.3, -0.25) is 0 Å². The molecule has 2 unspecified atom stereocenters. The summed E-state index contributed by atoms with van der Waals surface area (Å²) >= 11 is 0. The molecular formula is C15H17F4NO. The Morgan fingerprint density at radius 3 is 2.00 bits per heavy atom. The van der Waals surface area contributed by atoms with E-state index >= 15 is 0 Å². The van der Waals surface area contributed by atoms with Crippen molar-refractivity contribution in [2.24, 2.45) is 0 Å². The Morgan fingerprint density at radius 1 is 1.05 bits per heavy atom. The maximum Gasteiger partial charge on any atom is 0.168 e. The fraction of sp³-hybridized carbons (Fsp3) is 0.600. The second-order valence-electron chi connectivity index (χ2n) is 6.19. The van der Waals surface area contributed by atoms with Crippen LogP contribution in [0, 0.1) is 23.3 Å². The lowest BCUT2D eigenvalue weighted by Crippen LogP contribution is -2.55. The van der Waals surface area contributed by atoms with E-state index < -0.39 is 34.4 Å². The van der Waals surface area contributed by atoms with Crippen LogP contribution in [0.3, 0.4) is 0 Å². The monoisotopic (exact) mass is 303 g/mol. The first-order valence-electron chi connectivity index (χ1n) is 7.11. The van der Waals surface area contributed by atoms with Crippen LogP contribution in [0.2, 0.25) is 0 Å². The number of nitrogens with zero attached hydrogens (tertiary/aromatic N) is 1. The van der Waals surface area contributed by atoms with Crippen molar-refractivity contribution in [2.45, 2.75) is 49.8 Å². The molecule has 2 aliphatic heterocycles. The minimum Gasteiger partial charge on any atom is -0.385 e. The summed E-state index contributed by atoms with van der Waals surface area (Å²) in [5, 5.41) is 10.7. The van der Waals surface area contributed by atoms with Crippen LogP contribution in [0.15, 0.2) is 6.07 Å². The topological polar surface area (TPSA) is 23.5 Å². The van der Waals surface area contributed by atoms with E-state index in [1.165, 1.54) is 0 Å². The number of hydrogen-bond donors (Lipinski definition) is 1. The highest BCUT2D eigenvalue weighted by atomic mass is 19.2. The average molecular weight is 303 g/mol. The number of fused-ring (bicyclic) bond motifs is 2. The van der Waals surface area contributed by atoms with Gasteiger partial charge in [0.05, 0.1) is 11.2 Å². The van der Waals surface area contributed by atoms with Gasteiger partial charge >= 0.3 is 0 Å². The largest absolute Gasteiger partial charge is 0.385 e. The third kappa shape index (κ3) is 2.25. The molecule has 3 rings (SSSR count). The molecule has 0 saturated carbocycles. The predicted octanol–water partition coefficient (Wildman–Crippen LogP) is 3.08. The summed E-state index contributed by atoms with van der Waals surface area (Å²) in [5.74, 6) is -5.92. The Bertz CT molecular complexity index is 537. The number of hydrogen-bond acceptors (Lipinski definition) is 2. The SMILES string of the molecule is CN1C2CCCC1CC(O)(c1c(F)c(F)cc(F)c1F)C2. The Kier molecular flexibility index (Phi) is 3.48. The van der Waals surface area contributed by atoms with Gasteiger partial charge in [0.1, 0.15) is 0 Å². The quantitative estimate of drug-likeness (QED) is 0.636. The summed E-state index contributed by atoms with van der Waals surface area (Å²) in [4.78, 5) is 2.09. The smallest absolute Gasteiger partial charge is 0.168 e. The Morgan fingerprint density at radius 2 is 1.52 bits per heavy atom. The Labute approximate surface area is 120 Å². The first-order valence-corrected chi connectivity index (χ1v) is 7.11. The lowest BCUT2D eigenvalue weighted by molar-refractivity contribution is -0.0915. The van der Waals surface area contributed by atoms with E-state index in [1.54, 1.807) is 0 Å². The Hall–Kier alpha value is -1.14. The van der Waals surface area contributed by atoms with Crippen LogP contribution in [-0.2, 0) is 5.60 Å². The van der Waals surface area contributed by atoms with E-state index in [0.29, 0.717) is 0 Å². The van der Waals surface area contributed by atoms with Crippen LogP contribution >= 0.6 is 0 Å². The summed E-state index contributed by atoms with van der Waals surface area (Å²) in [6.07, 6.45) is 2.75. The van der Waals surface area contributed by atoms with Gasteiger partial charge in [-0.2, -0.15) is 0 Å². The maximum absolute atomic E-state index is 14.0. The maximum atomic E-state index is 14.0. The zero-order valence-corrected chi connectivity index (χ0v) is 11.7. The van der Waals surface area contributed by atoms with Crippen molar-refractivity contribution in [3.8, 4) is 0 Å². The van der Waals surface area contributed by atoms with Gasteiger partial charge in [-0.15, -0.1) is 0 Å². The lowest BCUT2D eigenvalue weighted by atomic mass is 9.72. The molecular weight excluding hydrogens is 286 g/mol. The van der Waals surface area contributed by atoms with Crippen molar-refractivity contribution >= 4 is 0 Å². The molecule has 116 valence electrons. The van der Waals surface area contributed by atoms with E-state index in [9.17, 15) is 22.7 Å². The van der Waals surface area contributed by atoms with Crippen LogP contribution < -0.4 is 0 Å². The molecule has 2 heterocycles. The molecule has 2 fully saturated rings. The molecule has 2 aliphatic rings. The molecule has 0 spiro atoms. The number of halogens is 4. The van der Waals surface area contributed by atoms with E-state index in [2.05, 4.69) is 4.90 Å². The fourth-order valence-corrected chi connectivity index (χ4v) is 3.84. The molecule has 2 bridgehead atoms. The van der Waals surface area contributed by atoms with Gasteiger partial charge in [0.2, 0.25) is 0 Å². The third-order valence-corrected chi connectivity index (χ3v) is 4.95. The average Bonchev–Trinajstić information content (AvgIpc) is 2.39. The van der Waals surface area contributed by atoms with Gasteiger partial charge in [-0.25, -0.2) is 17.6 Å². The summed E-state index contributed by atoms with van der Waals surface area (Å²) in [6.45, 7) is 0. The van der Waals surface area contributed by atoms with E-state index in [1.807, 2.05) is 7.05 Å². The fourth-order valence-electron chi connectivity index (χ4n) is 3.84. The van der Waals surface area contributed by atoms with E-state index in [-0.39, 0.29) is 31.0 Å². The molecule has 6 heteroatoms. The van der Waals surface area contributed by atoms with Gasteiger partial charge in [0.25, 0.3) is 0 Å². The summed E-state index contributed by atoms with van der Waals surface area (Å²) in [6, 6.07) is 0.105. The van der Waals surface area contributed by atoms with Crippen LogP contribution in [0.25, 0.3) is 0 Å². The molecule has 0 radical (unpaired) electrons.